The smallest absolute Gasteiger partial charge is 0.287 e. The summed E-state index contributed by atoms with van der Waals surface area (Å²) >= 11 is 0. The molecule has 3 aromatic rings. The normalized spacial score (nSPS) is 15.8. The van der Waals surface area contributed by atoms with Gasteiger partial charge >= 0.3 is 0 Å². The Hall–Kier alpha value is -2.92. The van der Waals surface area contributed by atoms with Crippen LogP contribution in [0.25, 0.3) is 11.0 Å². The summed E-state index contributed by atoms with van der Waals surface area (Å²) in [6.45, 7) is 6.36. The number of fused-ring (bicyclic) bond motifs is 1. The second-order valence-electron chi connectivity index (χ2n) is 8.17. The Morgan fingerprint density at radius 3 is 2.53 bits per heavy atom. The fourth-order valence-corrected chi connectivity index (χ4v) is 4.36. The lowest BCUT2D eigenvalue weighted by Gasteiger charge is -2.35. The Morgan fingerprint density at radius 1 is 1.07 bits per heavy atom. The number of piperidine rings is 1. The predicted octanol–water partition coefficient (Wildman–Crippen LogP) is 4.37. The van der Waals surface area contributed by atoms with E-state index in [-0.39, 0.29) is 23.1 Å². The van der Waals surface area contributed by atoms with Crippen LogP contribution in [0.2, 0.25) is 0 Å². The lowest BCUT2D eigenvalue weighted by Crippen LogP contribution is -2.40. The average Bonchev–Trinajstić information content (AvgIpc) is 2.76. The summed E-state index contributed by atoms with van der Waals surface area (Å²) in [4.78, 5) is 27.9. The summed E-state index contributed by atoms with van der Waals surface area (Å²) in [5, 5.41) is 3.52. The van der Waals surface area contributed by atoms with E-state index in [1.165, 1.54) is 30.9 Å². The lowest BCUT2D eigenvalue weighted by atomic mass is 10.0. The van der Waals surface area contributed by atoms with Gasteiger partial charge in [-0.2, -0.15) is 0 Å². The maximum Gasteiger partial charge on any atom is 0.287 e. The fourth-order valence-electron chi connectivity index (χ4n) is 4.36. The van der Waals surface area contributed by atoms with Gasteiger partial charge in [0.15, 0.2) is 11.2 Å². The van der Waals surface area contributed by atoms with Gasteiger partial charge < -0.3 is 9.73 Å². The molecule has 1 aromatic heterocycles. The number of nitrogens with zero attached hydrogens (tertiary/aromatic N) is 1. The molecule has 4 rings (SSSR count). The third-order valence-electron chi connectivity index (χ3n) is 5.85. The quantitative estimate of drug-likeness (QED) is 0.686. The minimum Gasteiger partial charge on any atom is -0.450 e. The molecule has 156 valence electrons. The molecule has 5 heteroatoms. The molecular weight excluding hydrogens is 376 g/mol. The van der Waals surface area contributed by atoms with E-state index in [2.05, 4.69) is 22.3 Å². The molecule has 0 bridgehead atoms. The van der Waals surface area contributed by atoms with Crippen LogP contribution in [0.15, 0.2) is 57.7 Å². The molecule has 2 heterocycles. The highest BCUT2D eigenvalue weighted by molar-refractivity contribution is 5.93. The number of benzene rings is 2. The van der Waals surface area contributed by atoms with Crippen molar-refractivity contribution in [3.05, 3.63) is 81.2 Å². The van der Waals surface area contributed by atoms with Crippen LogP contribution in [0.3, 0.4) is 0 Å². The lowest BCUT2D eigenvalue weighted by molar-refractivity contribution is 0.0897. The van der Waals surface area contributed by atoms with E-state index in [4.69, 9.17) is 4.42 Å². The molecule has 1 N–H and O–H groups in total. The van der Waals surface area contributed by atoms with E-state index >= 15 is 0 Å². The van der Waals surface area contributed by atoms with Gasteiger partial charge in [-0.3, -0.25) is 14.5 Å². The van der Waals surface area contributed by atoms with Crippen molar-refractivity contribution in [2.24, 2.45) is 0 Å². The molecule has 1 atom stereocenters. The van der Waals surface area contributed by atoms with E-state index in [1.54, 1.807) is 6.07 Å². The van der Waals surface area contributed by atoms with Crippen molar-refractivity contribution < 1.29 is 9.21 Å². The van der Waals surface area contributed by atoms with Gasteiger partial charge in [0, 0.05) is 12.6 Å². The zero-order valence-corrected chi connectivity index (χ0v) is 17.6. The first-order valence-electron chi connectivity index (χ1n) is 10.7. The van der Waals surface area contributed by atoms with Crippen LogP contribution >= 0.6 is 0 Å². The maximum atomic E-state index is 12.9. The molecule has 1 aliphatic rings. The fraction of sp³-hybridized carbons (Fsp3) is 0.360. The van der Waals surface area contributed by atoms with Gasteiger partial charge in [0.25, 0.3) is 5.91 Å². The SMILES string of the molecule is Cc1cc(C)c2oc(C(=O)NCC(c3ccccc3)N3CCCCC3)cc(=O)c2c1. The first kappa shape index (κ1) is 20.4. The number of rotatable bonds is 5. The van der Waals surface area contributed by atoms with Gasteiger partial charge in [-0.05, 0) is 62.5 Å². The van der Waals surface area contributed by atoms with Crippen molar-refractivity contribution >= 4 is 16.9 Å². The van der Waals surface area contributed by atoms with Crippen LogP contribution in [0.5, 0.6) is 0 Å². The Bertz CT molecular complexity index is 1100. The highest BCUT2D eigenvalue weighted by Crippen LogP contribution is 2.24. The predicted molar refractivity (Wildman–Crippen MR) is 119 cm³/mol. The van der Waals surface area contributed by atoms with E-state index < -0.39 is 0 Å². The van der Waals surface area contributed by atoms with Gasteiger partial charge in [-0.15, -0.1) is 0 Å². The standard InChI is InChI=1S/C25H28N2O3/c1-17-13-18(2)24-20(14-17)22(28)15-23(30-24)25(29)26-16-21(19-9-5-3-6-10-19)27-11-7-4-8-12-27/h3,5-6,9-10,13-15,21H,4,7-8,11-12,16H2,1-2H3,(H,26,29). The number of hydrogen-bond donors (Lipinski definition) is 1. The van der Waals surface area contributed by atoms with Crippen molar-refractivity contribution in [2.75, 3.05) is 19.6 Å². The van der Waals surface area contributed by atoms with Gasteiger partial charge in [0.2, 0.25) is 0 Å². The minimum absolute atomic E-state index is 0.0601. The van der Waals surface area contributed by atoms with Gasteiger partial charge in [-0.25, -0.2) is 0 Å². The summed E-state index contributed by atoms with van der Waals surface area (Å²) in [6.07, 6.45) is 3.61. The molecule has 1 unspecified atom stereocenters. The maximum absolute atomic E-state index is 12.9. The molecule has 1 saturated heterocycles. The molecule has 1 aliphatic heterocycles. The Labute approximate surface area is 176 Å². The van der Waals surface area contributed by atoms with Gasteiger partial charge in [-0.1, -0.05) is 42.8 Å². The second kappa shape index (κ2) is 8.84. The molecule has 5 nitrogen and oxygen atoms in total. The summed E-state index contributed by atoms with van der Waals surface area (Å²) in [5.74, 6) is -0.295. The number of amides is 1. The average molecular weight is 405 g/mol. The topological polar surface area (TPSA) is 62.6 Å². The number of carbonyl (C=O) groups is 1. The number of nitrogens with one attached hydrogen (secondary N) is 1. The van der Waals surface area contributed by atoms with Crippen molar-refractivity contribution in [3.63, 3.8) is 0 Å². The van der Waals surface area contributed by atoms with Crippen molar-refractivity contribution in [3.8, 4) is 0 Å². The zero-order chi connectivity index (χ0) is 21.1. The Kier molecular flexibility index (Phi) is 6.00. The van der Waals surface area contributed by atoms with E-state index in [9.17, 15) is 9.59 Å². The Balaban J connectivity index is 1.57. The summed E-state index contributed by atoms with van der Waals surface area (Å²) in [5.41, 5.74) is 3.33. The molecule has 2 aromatic carbocycles. The van der Waals surface area contributed by atoms with Crippen molar-refractivity contribution in [1.29, 1.82) is 0 Å². The van der Waals surface area contributed by atoms with Crippen LogP contribution in [0, 0.1) is 13.8 Å². The summed E-state index contributed by atoms with van der Waals surface area (Å²) < 4.78 is 5.85. The second-order valence-corrected chi connectivity index (χ2v) is 8.17. The molecule has 1 fully saturated rings. The van der Waals surface area contributed by atoms with Gasteiger partial charge in [0.05, 0.1) is 11.4 Å². The molecule has 1 amide bonds. The van der Waals surface area contributed by atoms with Crippen molar-refractivity contribution in [1.82, 2.24) is 10.2 Å². The summed E-state index contributed by atoms with van der Waals surface area (Å²) in [7, 11) is 0. The van der Waals surface area contributed by atoms with Crippen LogP contribution in [0.4, 0.5) is 0 Å². The number of likely N-dealkylation sites (tertiary alicyclic amines) is 1. The van der Waals surface area contributed by atoms with Crippen LogP contribution in [-0.4, -0.2) is 30.4 Å². The van der Waals surface area contributed by atoms with Gasteiger partial charge in [0.1, 0.15) is 5.58 Å². The molecular formula is C25H28N2O3. The summed E-state index contributed by atoms with van der Waals surface area (Å²) in [6, 6.07) is 15.4. The number of aryl methyl sites for hydroxylation is 2. The first-order valence-corrected chi connectivity index (χ1v) is 10.7. The van der Waals surface area contributed by atoms with E-state index in [0.717, 1.165) is 24.2 Å². The third-order valence-corrected chi connectivity index (χ3v) is 5.85. The van der Waals surface area contributed by atoms with Crippen LogP contribution in [-0.2, 0) is 0 Å². The highest BCUT2D eigenvalue weighted by atomic mass is 16.3. The Morgan fingerprint density at radius 2 is 1.80 bits per heavy atom. The van der Waals surface area contributed by atoms with Crippen molar-refractivity contribution in [2.45, 2.75) is 39.2 Å². The zero-order valence-electron chi connectivity index (χ0n) is 17.6. The molecule has 0 saturated carbocycles. The van der Waals surface area contributed by atoms with E-state index in [1.807, 2.05) is 38.1 Å². The largest absolute Gasteiger partial charge is 0.450 e. The molecule has 0 radical (unpaired) electrons. The highest BCUT2D eigenvalue weighted by Gasteiger charge is 2.23. The molecule has 0 aliphatic carbocycles. The minimum atomic E-state index is -0.355. The molecule has 0 spiro atoms. The van der Waals surface area contributed by atoms with Crippen LogP contribution in [0.1, 0.15) is 52.5 Å². The monoisotopic (exact) mass is 404 g/mol. The third kappa shape index (κ3) is 4.31. The number of carbonyl (C=O) groups excluding carboxylic acids is 1. The molecule has 30 heavy (non-hydrogen) atoms. The van der Waals surface area contributed by atoms with Crippen LogP contribution < -0.4 is 10.7 Å². The number of hydrogen-bond acceptors (Lipinski definition) is 4. The first-order chi connectivity index (χ1) is 14.5. The van der Waals surface area contributed by atoms with E-state index in [0.29, 0.717) is 17.5 Å².